The maximum absolute atomic E-state index is 13.5. The number of carbonyl (C=O) groups is 1. The fraction of sp³-hybridized carbons (Fsp3) is 0.243. The number of hydrogen-bond donors (Lipinski definition) is 1. The van der Waals surface area contributed by atoms with Crippen molar-refractivity contribution >= 4 is 33.3 Å². The lowest BCUT2D eigenvalue weighted by Crippen LogP contribution is -2.43. The first-order valence-electron chi connectivity index (χ1n) is 16.0. The molecule has 0 saturated carbocycles. The van der Waals surface area contributed by atoms with E-state index >= 15 is 0 Å². The largest absolute Gasteiger partial charge is 0.369 e. The summed E-state index contributed by atoms with van der Waals surface area (Å²) in [6.45, 7) is 2.78. The van der Waals surface area contributed by atoms with E-state index in [4.69, 9.17) is 14.7 Å². The number of likely N-dealkylation sites (tertiary alicyclic amines) is 1. The normalized spacial score (nSPS) is 18.5. The lowest BCUT2D eigenvalue weighted by molar-refractivity contribution is -0.132. The number of aromatic amines is 1. The van der Waals surface area contributed by atoms with Crippen molar-refractivity contribution in [3.8, 4) is 22.6 Å². The summed E-state index contributed by atoms with van der Waals surface area (Å²) >= 11 is 0. The van der Waals surface area contributed by atoms with Crippen LogP contribution in [0.15, 0.2) is 91.4 Å². The van der Waals surface area contributed by atoms with Gasteiger partial charge >= 0.3 is 0 Å². The molecule has 0 bridgehead atoms. The Morgan fingerprint density at radius 2 is 1.75 bits per heavy atom. The van der Waals surface area contributed by atoms with Gasteiger partial charge in [0, 0.05) is 73.8 Å². The molecule has 10 nitrogen and oxygen atoms in total. The predicted octanol–water partition coefficient (Wildman–Crippen LogP) is 5.63. The number of fused-ring (bicyclic) bond motifs is 2. The molecule has 3 aromatic carbocycles. The average Bonchev–Trinajstić information content (AvgIpc) is 3.76. The molecule has 0 radical (unpaired) electrons. The number of H-pyrrole nitrogens is 1. The molecule has 1 fully saturated rings. The number of aromatic nitrogens is 6. The first-order chi connectivity index (χ1) is 23.5. The van der Waals surface area contributed by atoms with Crippen molar-refractivity contribution in [2.24, 2.45) is 0 Å². The number of methoxy groups -OCH3 is 1. The second-order valence-corrected chi connectivity index (χ2v) is 12.4. The predicted molar refractivity (Wildman–Crippen MR) is 181 cm³/mol. The van der Waals surface area contributed by atoms with E-state index < -0.39 is 5.60 Å². The van der Waals surface area contributed by atoms with Crippen LogP contribution in [0.4, 0.5) is 4.39 Å². The molecule has 240 valence electrons. The van der Waals surface area contributed by atoms with E-state index in [1.807, 2.05) is 35.4 Å². The van der Waals surface area contributed by atoms with Crippen molar-refractivity contribution in [1.82, 2.24) is 39.9 Å². The Morgan fingerprint density at radius 3 is 2.50 bits per heavy atom. The van der Waals surface area contributed by atoms with Crippen molar-refractivity contribution < 1.29 is 13.9 Å². The first-order valence-corrected chi connectivity index (χ1v) is 16.0. The molecule has 0 spiro atoms. The van der Waals surface area contributed by atoms with Crippen LogP contribution in [0.2, 0.25) is 0 Å². The van der Waals surface area contributed by atoms with E-state index in [-0.39, 0.29) is 11.7 Å². The van der Waals surface area contributed by atoms with Crippen molar-refractivity contribution in [1.29, 1.82) is 0 Å². The number of nitrogens with zero attached hydrogens (tertiary/aromatic N) is 7. The first kappa shape index (κ1) is 30.0. The van der Waals surface area contributed by atoms with Gasteiger partial charge in [0.1, 0.15) is 11.4 Å². The third-order valence-electron chi connectivity index (χ3n) is 9.49. The maximum Gasteiger partial charge on any atom is 0.237 e. The Balaban J connectivity index is 0.945. The maximum atomic E-state index is 13.5. The summed E-state index contributed by atoms with van der Waals surface area (Å²) < 4.78 is 19.6. The molecule has 3 aromatic heterocycles. The Labute approximate surface area is 276 Å². The Morgan fingerprint density at radius 1 is 0.979 bits per heavy atom. The van der Waals surface area contributed by atoms with Crippen LogP contribution in [0, 0.1) is 5.82 Å². The molecule has 1 amide bonds. The van der Waals surface area contributed by atoms with E-state index in [1.165, 1.54) is 17.7 Å². The highest BCUT2D eigenvalue weighted by atomic mass is 19.1. The van der Waals surface area contributed by atoms with E-state index in [0.29, 0.717) is 50.8 Å². The van der Waals surface area contributed by atoms with Gasteiger partial charge in [-0.1, -0.05) is 30.3 Å². The SMILES string of the molecule is CO[C@@]1(c2ncc3cc4[nH]nc(-c5ccc(F)cc5)c4cc3n2)CCN(CC(=O)N2CC=C(c3ccc(-c4ncccn4)cc3)CC2)C1. The molecule has 1 saturated heterocycles. The second kappa shape index (κ2) is 12.3. The number of carbonyl (C=O) groups excluding carboxylic acids is 1. The third kappa shape index (κ3) is 5.61. The Bertz CT molecular complexity index is 2150. The van der Waals surface area contributed by atoms with Gasteiger partial charge in [-0.3, -0.25) is 14.8 Å². The van der Waals surface area contributed by atoms with Crippen LogP contribution < -0.4 is 0 Å². The quantitative estimate of drug-likeness (QED) is 0.239. The summed E-state index contributed by atoms with van der Waals surface area (Å²) in [6, 6.07) is 20.3. The lowest BCUT2D eigenvalue weighted by Gasteiger charge is -2.30. The summed E-state index contributed by atoms with van der Waals surface area (Å²) in [6.07, 6.45) is 8.92. The number of nitrogens with one attached hydrogen (secondary N) is 1. The molecule has 1 N–H and O–H groups in total. The minimum absolute atomic E-state index is 0.101. The molecule has 0 unspecified atom stereocenters. The summed E-state index contributed by atoms with van der Waals surface area (Å²) in [5.41, 5.74) is 5.80. The molecule has 48 heavy (non-hydrogen) atoms. The van der Waals surface area contributed by atoms with Crippen molar-refractivity contribution in [3.05, 3.63) is 109 Å². The second-order valence-electron chi connectivity index (χ2n) is 12.4. The molecule has 11 heteroatoms. The number of amides is 1. The van der Waals surface area contributed by atoms with Gasteiger partial charge in [0.2, 0.25) is 5.91 Å². The van der Waals surface area contributed by atoms with Crippen LogP contribution >= 0.6 is 0 Å². The zero-order valence-corrected chi connectivity index (χ0v) is 26.4. The standard InChI is InChI=1S/C37H33FN8O2/c1-48-37(36-41-21-28-19-32-30(20-31(28)42-36)34(44-43-32)26-7-9-29(38)10-8-26)13-18-45(23-37)22-33(47)46-16-11-25(12-17-46)24-3-5-27(6-4-24)35-39-14-2-15-40-35/h2-11,14-15,19-21H,12-13,16-18,22-23H2,1H3,(H,43,44)/t37-/m0/s1. The highest BCUT2D eigenvalue weighted by Gasteiger charge is 2.43. The van der Waals surface area contributed by atoms with Crippen LogP contribution in [0.1, 0.15) is 24.2 Å². The molecule has 6 aromatic rings. The number of halogens is 1. The van der Waals surface area contributed by atoms with Crippen molar-refractivity contribution in [2.75, 3.05) is 39.8 Å². The van der Waals surface area contributed by atoms with Gasteiger partial charge in [-0.05, 0) is 66.4 Å². The smallest absolute Gasteiger partial charge is 0.237 e. The van der Waals surface area contributed by atoms with Gasteiger partial charge in [-0.2, -0.15) is 5.10 Å². The zero-order valence-electron chi connectivity index (χ0n) is 26.4. The van der Waals surface area contributed by atoms with E-state index in [2.05, 4.69) is 43.3 Å². The Kier molecular flexibility index (Phi) is 7.70. The Hall–Kier alpha value is -5.39. The van der Waals surface area contributed by atoms with Gasteiger partial charge in [0.15, 0.2) is 11.6 Å². The van der Waals surface area contributed by atoms with Crippen LogP contribution in [0.25, 0.3) is 50.0 Å². The molecule has 0 aliphatic carbocycles. The van der Waals surface area contributed by atoms with Gasteiger partial charge < -0.3 is 9.64 Å². The van der Waals surface area contributed by atoms with Gasteiger partial charge in [0.05, 0.1) is 23.3 Å². The fourth-order valence-corrected chi connectivity index (χ4v) is 6.76. The summed E-state index contributed by atoms with van der Waals surface area (Å²) in [5, 5.41) is 9.32. The summed E-state index contributed by atoms with van der Waals surface area (Å²) in [7, 11) is 1.68. The van der Waals surface area contributed by atoms with E-state index in [9.17, 15) is 9.18 Å². The van der Waals surface area contributed by atoms with E-state index in [0.717, 1.165) is 50.6 Å². The lowest BCUT2D eigenvalue weighted by atomic mass is 9.98. The zero-order chi connectivity index (χ0) is 32.7. The topological polar surface area (TPSA) is 113 Å². The number of rotatable bonds is 7. The van der Waals surface area contributed by atoms with E-state index in [1.54, 1.807) is 37.7 Å². The fourth-order valence-electron chi connectivity index (χ4n) is 6.76. The molecule has 2 aliphatic rings. The highest BCUT2D eigenvalue weighted by Crippen LogP contribution is 2.35. The minimum Gasteiger partial charge on any atom is -0.369 e. The van der Waals surface area contributed by atoms with Crippen LogP contribution in [-0.4, -0.2) is 85.7 Å². The number of benzene rings is 3. The summed E-state index contributed by atoms with van der Waals surface area (Å²) in [5.74, 6) is 1.11. The van der Waals surface area contributed by atoms with Gasteiger partial charge in [0.25, 0.3) is 0 Å². The average molecular weight is 641 g/mol. The van der Waals surface area contributed by atoms with Gasteiger partial charge in [-0.15, -0.1) is 0 Å². The van der Waals surface area contributed by atoms with Crippen molar-refractivity contribution in [3.63, 3.8) is 0 Å². The minimum atomic E-state index is -0.731. The molecule has 5 heterocycles. The summed E-state index contributed by atoms with van der Waals surface area (Å²) in [4.78, 5) is 35.8. The monoisotopic (exact) mass is 640 g/mol. The van der Waals surface area contributed by atoms with Gasteiger partial charge in [-0.25, -0.2) is 24.3 Å². The van der Waals surface area contributed by atoms with Crippen LogP contribution in [0.3, 0.4) is 0 Å². The number of hydrogen-bond acceptors (Lipinski definition) is 8. The molecule has 1 atom stereocenters. The number of ether oxygens (including phenoxy) is 1. The van der Waals surface area contributed by atoms with Crippen LogP contribution in [0.5, 0.6) is 0 Å². The highest BCUT2D eigenvalue weighted by molar-refractivity contribution is 6.01. The third-order valence-corrected chi connectivity index (χ3v) is 9.49. The molecule has 2 aliphatic heterocycles. The molecular formula is C37H33FN8O2. The van der Waals surface area contributed by atoms with Crippen LogP contribution in [-0.2, 0) is 15.1 Å². The van der Waals surface area contributed by atoms with Crippen molar-refractivity contribution in [2.45, 2.75) is 18.4 Å². The molecule has 8 rings (SSSR count). The molecular weight excluding hydrogens is 607 g/mol.